The molecular weight excluding hydrogens is 216 g/mol. The predicted molar refractivity (Wildman–Crippen MR) is 65.6 cm³/mol. The number of hydrogen-bond donors (Lipinski definition) is 0. The van der Waals surface area contributed by atoms with Gasteiger partial charge in [-0.25, -0.2) is 0 Å². The molecule has 1 aromatic carbocycles. The average Bonchev–Trinajstić information content (AvgIpc) is 2.34. The number of rotatable bonds is 5. The van der Waals surface area contributed by atoms with Crippen LogP contribution in [0, 0.1) is 27.4 Å². The minimum atomic E-state index is -0.546. The summed E-state index contributed by atoms with van der Waals surface area (Å²) in [4.78, 5) is 10.0. The monoisotopic (exact) mass is 228 g/mol. The molecule has 0 radical (unpaired) electrons. The summed E-state index contributed by atoms with van der Waals surface area (Å²) in [6.07, 6.45) is 3.40. The largest absolute Gasteiger partial charge is 0.265 e. The molecule has 1 atom stereocenters. The Morgan fingerprint density at radius 1 is 1.53 bits per heavy atom. The summed E-state index contributed by atoms with van der Waals surface area (Å²) in [5, 5.41) is 19.2. The fraction of sp³-hybridized carbons (Fsp3) is 0.154. The Labute approximate surface area is 99.7 Å². The van der Waals surface area contributed by atoms with Gasteiger partial charge >= 0.3 is 0 Å². The first-order valence-corrected chi connectivity index (χ1v) is 5.07. The van der Waals surface area contributed by atoms with E-state index in [-0.39, 0.29) is 12.1 Å². The molecule has 0 N–H and O–H groups in total. The zero-order chi connectivity index (χ0) is 12.7. The van der Waals surface area contributed by atoms with Gasteiger partial charge in [-0.15, -0.1) is 0 Å². The van der Waals surface area contributed by atoms with Gasteiger partial charge in [0.15, 0.2) is 0 Å². The molecule has 1 unspecified atom stereocenters. The van der Waals surface area contributed by atoms with E-state index in [1.807, 2.05) is 36.4 Å². The standard InChI is InChI=1S/C13H12N2O2/c1-11(9-14)13(10-15(16)17)8-7-12-5-3-2-4-6-12/h2-8,13H,1,10H2/b8-7+. The molecule has 0 bridgehead atoms. The van der Waals surface area contributed by atoms with E-state index in [9.17, 15) is 10.1 Å². The van der Waals surface area contributed by atoms with Crippen molar-refractivity contribution in [2.45, 2.75) is 0 Å². The highest BCUT2D eigenvalue weighted by molar-refractivity contribution is 5.50. The molecule has 0 saturated carbocycles. The minimum absolute atomic E-state index is 0.203. The van der Waals surface area contributed by atoms with Crippen LogP contribution >= 0.6 is 0 Å². The Bertz CT molecular complexity index is 472. The van der Waals surface area contributed by atoms with Crippen LogP contribution < -0.4 is 0 Å². The van der Waals surface area contributed by atoms with Crippen molar-refractivity contribution >= 4 is 6.08 Å². The fourth-order valence-electron chi connectivity index (χ4n) is 1.32. The second-order valence-electron chi connectivity index (χ2n) is 3.53. The molecule has 0 amide bonds. The first-order valence-electron chi connectivity index (χ1n) is 5.07. The predicted octanol–water partition coefficient (Wildman–Crippen LogP) is 2.67. The van der Waals surface area contributed by atoms with Crippen LogP contribution in [0.15, 0.2) is 48.6 Å². The SMILES string of the molecule is C=C(C#N)C(/C=C/c1ccccc1)C[N+](=O)[O-]. The molecule has 4 nitrogen and oxygen atoms in total. The molecule has 0 saturated heterocycles. The number of hydrogen-bond acceptors (Lipinski definition) is 3. The van der Waals surface area contributed by atoms with E-state index in [1.165, 1.54) is 0 Å². The highest BCUT2D eigenvalue weighted by atomic mass is 16.6. The molecule has 86 valence electrons. The minimum Gasteiger partial charge on any atom is -0.265 e. The second-order valence-corrected chi connectivity index (χ2v) is 3.53. The summed E-state index contributed by atoms with van der Waals surface area (Å²) in [5.41, 5.74) is 1.14. The smallest absolute Gasteiger partial charge is 0.214 e. The Morgan fingerprint density at radius 2 is 2.18 bits per heavy atom. The second kappa shape index (κ2) is 6.23. The first-order chi connectivity index (χ1) is 8.13. The number of benzene rings is 1. The van der Waals surface area contributed by atoms with Crippen molar-refractivity contribution in [3.8, 4) is 6.07 Å². The van der Waals surface area contributed by atoms with E-state index >= 15 is 0 Å². The van der Waals surface area contributed by atoms with Crippen LogP contribution in [0.25, 0.3) is 6.08 Å². The van der Waals surface area contributed by atoms with E-state index in [0.717, 1.165) is 5.56 Å². The first kappa shape index (κ1) is 12.7. The van der Waals surface area contributed by atoms with Crippen LogP contribution in [0.1, 0.15) is 5.56 Å². The molecule has 0 fully saturated rings. The van der Waals surface area contributed by atoms with Gasteiger partial charge < -0.3 is 0 Å². The van der Waals surface area contributed by atoms with Crippen molar-refractivity contribution in [2.24, 2.45) is 5.92 Å². The maximum atomic E-state index is 10.5. The van der Waals surface area contributed by atoms with Crippen molar-refractivity contribution < 1.29 is 4.92 Å². The van der Waals surface area contributed by atoms with Gasteiger partial charge in [0.25, 0.3) is 0 Å². The molecular formula is C13H12N2O2. The van der Waals surface area contributed by atoms with Crippen molar-refractivity contribution in [2.75, 3.05) is 6.54 Å². The molecule has 0 aliphatic carbocycles. The lowest BCUT2D eigenvalue weighted by Crippen LogP contribution is -2.13. The van der Waals surface area contributed by atoms with Crippen LogP contribution in [0.3, 0.4) is 0 Å². The van der Waals surface area contributed by atoms with Gasteiger partial charge in [0.05, 0.1) is 12.0 Å². The molecule has 17 heavy (non-hydrogen) atoms. The van der Waals surface area contributed by atoms with E-state index in [4.69, 9.17) is 5.26 Å². The van der Waals surface area contributed by atoms with E-state index < -0.39 is 10.8 Å². The summed E-state index contributed by atoms with van der Waals surface area (Å²) in [6.45, 7) is 3.21. The number of nitrogens with zero attached hydrogens (tertiary/aromatic N) is 2. The molecule has 0 aliphatic rings. The molecule has 1 aromatic rings. The zero-order valence-electron chi connectivity index (χ0n) is 9.24. The Balaban J connectivity index is 2.80. The third-order valence-electron chi connectivity index (χ3n) is 2.26. The van der Waals surface area contributed by atoms with Gasteiger partial charge in [-0.1, -0.05) is 49.1 Å². The molecule has 0 heterocycles. The Kier molecular flexibility index (Phi) is 4.64. The lowest BCUT2D eigenvalue weighted by molar-refractivity contribution is -0.484. The van der Waals surface area contributed by atoms with Gasteiger partial charge in [0.2, 0.25) is 6.54 Å². The van der Waals surface area contributed by atoms with Crippen molar-refractivity contribution in [3.05, 3.63) is 64.2 Å². The topological polar surface area (TPSA) is 66.9 Å². The highest BCUT2D eigenvalue weighted by Crippen LogP contribution is 2.13. The molecule has 0 aromatic heterocycles. The highest BCUT2D eigenvalue weighted by Gasteiger charge is 2.15. The third-order valence-corrected chi connectivity index (χ3v) is 2.26. The third kappa shape index (κ3) is 4.31. The van der Waals surface area contributed by atoms with Crippen LogP contribution in [0.5, 0.6) is 0 Å². The maximum Gasteiger partial charge on any atom is 0.214 e. The molecule has 1 rings (SSSR count). The maximum absolute atomic E-state index is 10.5. The van der Waals surface area contributed by atoms with E-state index in [1.54, 1.807) is 12.2 Å². The van der Waals surface area contributed by atoms with Crippen molar-refractivity contribution in [1.82, 2.24) is 0 Å². The lowest BCUT2D eigenvalue weighted by atomic mass is 10.00. The summed E-state index contributed by atoms with van der Waals surface area (Å²) in [6, 6.07) is 11.3. The molecule has 4 heteroatoms. The fourth-order valence-corrected chi connectivity index (χ4v) is 1.32. The summed E-state index contributed by atoms with van der Waals surface area (Å²) in [7, 11) is 0. The quantitative estimate of drug-likeness (QED) is 0.442. The van der Waals surface area contributed by atoms with E-state index in [2.05, 4.69) is 6.58 Å². The van der Waals surface area contributed by atoms with Crippen LogP contribution in [-0.4, -0.2) is 11.5 Å². The summed E-state index contributed by atoms with van der Waals surface area (Å²) in [5.74, 6) is -0.546. The normalized spacial score (nSPS) is 11.9. The number of nitriles is 1. The van der Waals surface area contributed by atoms with Gasteiger partial charge in [0.1, 0.15) is 0 Å². The zero-order valence-corrected chi connectivity index (χ0v) is 9.24. The van der Waals surface area contributed by atoms with Gasteiger partial charge in [-0.2, -0.15) is 5.26 Å². The van der Waals surface area contributed by atoms with Crippen LogP contribution in [-0.2, 0) is 0 Å². The summed E-state index contributed by atoms with van der Waals surface area (Å²) >= 11 is 0. The van der Waals surface area contributed by atoms with Crippen LogP contribution in [0.2, 0.25) is 0 Å². The lowest BCUT2D eigenvalue weighted by Gasteiger charge is -2.04. The number of nitro groups is 1. The van der Waals surface area contributed by atoms with Gasteiger partial charge in [-0.3, -0.25) is 10.1 Å². The molecule has 0 aliphatic heterocycles. The van der Waals surface area contributed by atoms with Gasteiger partial charge in [0, 0.05) is 10.5 Å². The Morgan fingerprint density at radius 3 is 2.71 bits per heavy atom. The van der Waals surface area contributed by atoms with Gasteiger partial charge in [-0.05, 0) is 5.56 Å². The summed E-state index contributed by atoms with van der Waals surface area (Å²) < 4.78 is 0. The average molecular weight is 228 g/mol. The van der Waals surface area contributed by atoms with Crippen LogP contribution in [0.4, 0.5) is 0 Å². The Hall–Kier alpha value is -2.41. The van der Waals surface area contributed by atoms with E-state index in [0.29, 0.717) is 0 Å². The van der Waals surface area contributed by atoms with Crippen molar-refractivity contribution in [1.29, 1.82) is 5.26 Å². The molecule has 0 spiro atoms. The van der Waals surface area contributed by atoms with Crippen molar-refractivity contribution in [3.63, 3.8) is 0 Å².